The van der Waals surface area contributed by atoms with Crippen LogP contribution < -0.4 is 10.6 Å². The Balaban J connectivity index is 1.74. The fourth-order valence-electron chi connectivity index (χ4n) is 2.37. The zero-order chi connectivity index (χ0) is 15.4. The summed E-state index contributed by atoms with van der Waals surface area (Å²) in [6.45, 7) is 4.02. The molecule has 0 spiro atoms. The molecular weight excluding hydrogens is 288 g/mol. The minimum Gasteiger partial charge on any atom is -0.481 e. The van der Waals surface area contributed by atoms with Gasteiger partial charge in [-0.3, -0.25) is 4.79 Å². The minimum atomic E-state index is -0.850. The summed E-state index contributed by atoms with van der Waals surface area (Å²) < 4.78 is 0. The third-order valence-corrected chi connectivity index (χ3v) is 4.42. The summed E-state index contributed by atoms with van der Waals surface area (Å²) in [4.78, 5) is 25.2. The Morgan fingerprint density at radius 2 is 2.19 bits per heavy atom. The first-order chi connectivity index (χ1) is 9.94. The maximum atomic E-state index is 11.9. The number of carbonyl (C=O) groups excluding carboxylic acids is 1. The van der Waals surface area contributed by atoms with Crippen LogP contribution in [0.5, 0.6) is 0 Å². The van der Waals surface area contributed by atoms with Crippen molar-refractivity contribution >= 4 is 23.3 Å². The SMILES string of the molecule is Cc1ccc(CC(C)NC(=O)NC2C=CC(C(=O)O)C2)s1. The maximum absolute atomic E-state index is 11.9. The number of carboxylic acids is 1. The first-order valence-electron chi connectivity index (χ1n) is 6.97. The molecule has 0 fully saturated rings. The molecule has 114 valence electrons. The Morgan fingerprint density at radius 3 is 2.76 bits per heavy atom. The van der Waals surface area contributed by atoms with Crippen LogP contribution in [0.2, 0.25) is 0 Å². The summed E-state index contributed by atoms with van der Waals surface area (Å²) in [7, 11) is 0. The topological polar surface area (TPSA) is 78.4 Å². The van der Waals surface area contributed by atoms with Crippen molar-refractivity contribution in [2.75, 3.05) is 0 Å². The molecule has 2 rings (SSSR count). The summed E-state index contributed by atoms with van der Waals surface area (Å²) >= 11 is 1.73. The number of carboxylic acid groups (broad SMARTS) is 1. The van der Waals surface area contributed by atoms with E-state index in [1.54, 1.807) is 23.5 Å². The zero-order valence-electron chi connectivity index (χ0n) is 12.1. The van der Waals surface area contributed by atoms with Crippen LogP contribution in [-0.4, -0.2) is 29.2 Å². The van der Waals surface area contributed by atoms with Gasteiger partial charge in [-0.25, -0.2) is 4.79 Å². The Bertz CT molecular complexity index is 553. The van der Waals surface area contributed by atoms with Gasteiger partial charge in [-0.05, 0) is 32.4 Å². The van der Waals surface area contributed by atoms with Gasteiger partial charge in [0.05, 0.1) is 12.0 Å². The second kappa shape index (κ2) is 6.76. The smallest absolute Gasteiger partial charge is 0.315 e. The number of amides is 2. The van der Waals surface area contributed by atoms with E-state index in [-0.39, 0.29) is 18.1 Å². The number of aliphatic carboxylic acids is 1. The maximum Gasteiger partial charge on any atom is 0.315 e. The summed E-state index contributed by atoms with van der Waals surface area (Å²) in [6.07, 6.45) is 4.59. The Labute approximate surface area is 128 Å². The number of aryl methyl sites for hydroxylation is 1. The predicted octanol–water partition coefficient (Wildman–Crippen LogP) is 2.32. The second-order valence-electron chi connectivity index (χ2n) is 5.41. The molecule has 0 radical (unpaired) electrons. The van der Waals surface area contributed by atoms with E-state index in [1.807, 2.05) is 6.92 Å². The molecule has 0 aliphatic heterocycles. The number of nitrogens with one attached hydrogen (secondary N) is 2. The molecule has 0 saturated carbocycles. The Morgan fingerprint density at radius 1 is 1.43 bits per heavy atom. The molecule has 5 nitrogen and oxygen atoms in total. The summed E-state index contributed by atoms with van der Waals surface area (Å²) in [5, 5.41) is 14.6. The first kappa shape index (κ1) is 15.6. The van der Waals surface area contributed by atoms with Crippen LogP contribution in [0.4, 0.5) is 4.79 Å². The average Bonchev–Trinajstić information content (AvgIpc) is 2.98. The van der Waals surface area contributed by atoms with Crippen LogP contribution in [0.15, 0.2) is 24.3 Å². The first-order valence-corrected chi connectivity index (χ1v) is 7.79. The lowest BCUT2D eigenvalue weighted by molar-refractivity contribution is -0.140. The van der Waals surface area contributed by atoms with Crippen LogP contribution >= 0.6 is 11.3 Å². The summed E-state index contributed by atoms with van der Waals surface area (Å²) in [5.41, 5.74) is 0. The number of carbonyl (C=O) groups is 2. The molecule has 2 amide bonds. The van der Waals surface area contributed by atoms with Crippen molar-refractivity contribution < 1.29 is 14.7 Å². The zero-order valence-corrected chi connectivity index (χ0v) is 12.9. The molecule has 0 saturated heterocycles. The monoisotopic (exact) mass is 308 g/mol. The average molecular weight is 308 g/mol. The number of rotatable bonds is 5. The molecule has 1 aliphatic carbocycles. The van der Waals surface area contributed by atoms with Crippen molar-refractivity contribution in [1.82, 2.24) is 10.6 Å². The van der Waals surface area contributed by atoms with Gasteiger partial charge in [0.2, 0.25) is 0 Å². The van der Waals surface area contributed by atoms with E-state index >= 15 is 0 Å². The molecule has 3 N–H and O–H groups in total. The van der Waals surface area contributed by atoms with E-state index < -0.39 is 11.9 Å². The van der Waals surface area contributed by atoms with E-state index in [9.17, 15) is 9.59 Å². The predicted molar refractivity (Wildman–Crippen MR) is 82.6 cm³/mol. The quantitative estimate of drug-likeness (QED) is 0.730. The van der Waals surface area contributed by atoms with Gasteiger partial charge in [0.25, 0.3) is 0 Å². The van der Waals surface area contributed by atoms with E-state index in [0.717, 1.165) is 6.42 Å². The lowest BCUT2D eigenvalue weighted by Crippen LogP contribution is -2.45. The van der Waals surface area contributed by atoms with Crippen molar-refractivity contribution in [2.24, 2.45) is 5.92 Å². The van der Waals surface area contributed by atoms with E-state index in [4.69, 9.17) is 5.11 Å². The largest absolute Gasteiger partial charge is 0.481 e. The van der Waals surface area contributed by atoms with Crippen LogP contribution in [0.25, 0.3) is 0 Å². The second-order valence-corrected chi connectivity index (χ2v) is 6.78. The standard InChI is InChI=1S/C15H20N2O3S/c1-9(7-13-6-3-10(2)21-13)16-15(20)17-12-5-4-11(8-12)14(18)19/h3-6,9,11-12H,7-8H2,1-2H3,(H,18,19)(H2,16,17,20). The van der Waals surface area contributed by atoms with E-state index in [0.29, 0.717) is 6.42 Å². The number of hydrogen-bond acceptors (Lipinski definition) is 3. The molecule has 1 heterocycles. The molecule has 6 heteroatoms. The molecule has 3 unspecified atom stereocenters. The summed E-state index contributed by atoms with van der Waals surface area (Å²) in [6, 6.07) is 3.72. The molecule has 1 aromatic heterocycles. The van der Waals surface area contributed by atoms with Crippen molar-refractivity contribution in [3.63, 3.8) is 0 Å². The molecule has 21 heavy (non-hydrogen) atoms. The third-order valence-electron chi connectivity index (χ3n) is 3.40. The molecule has 3 atom stereocenters. The van der Waals surface area contributed by atoms with E-state index in [1.165, 1.54) is 9.75 Å². The van der Waals surface area contributed by atoms with Crippen molar-refractivity contribution in [3.8, 4) is 0 Å². The van der Waals surface area contributed by atoms with Gasteiger partial charge in [-0.1, -0.05) is 12.2 Å². The Kier molecular flexibility index (Phi) is 5.01. The van der Waals surface area contributed by atoms with Gasteiger partial charge >= 0.3 is 12.0 Å². The van der Waals surface area contributed by atoms with Gasteiger partial charge in [-0.15, -0.1) is 11.3 Å². The lowest BCUT2D eigenvalue weighted by Gasteiger charge is -2.17. The number of hydrogen-bond donors (Lipinski definition) is 3. The fourth-order valence-corrected chi connectivity index (χ4v) is 3.39. The van der Waals surface area contributed by atoms with Gasteiger partial charge in [-0.2, -0.15) is 0 Å². The number of urea groups is 1. The summed E-state index contributed by atoms with van der Waals surface area (Å²) in [5.74, 6) is -1.35. The Hall–Kier alpha value is -1.82. The van der Waals surface area contributed by atoms with Crippen LogP contribution in [0.3, 0.4) is 0 Å². The molecule has 0 aromatic carbocycles. The molecular formula is C15H20N2O3S. The fraction of sp³-hybridized carbons (Fsp3) is 0.467. The highest BCUT2D eigenvalue weighted by molar-refractivity contribution is 7.11. The van der Waals surface area contributed by atoms with Crippen LogP contribution in [-0.2, 0) is 11.2 Å². The minimum absolute atomic E-state index is 0.0312. The van der Waals surface area contributed by atoms with Crippen molar-refractivity contribution in [2.45, 2.75) is 38.8 Å². The van der Waals surface area contributed by atoms with Crippen molar-refractivity contribution in [1.29, 1.82) is 0 Å². The van der Waals surface area contributed by atoms with Gasteiger partial charge < -0.3 is 15.7 Å². The highest BCUT2D eigenvalue weighted by Crippen LogP contribution is 2.18. The molecule has 1 aliphatic rings. The van der Waals surface area contributed by atoms with E-state index in [2.05, 4.69) is 29.7 Å². The van der Waals surface area contributed by atoms with Gasteiger partial charge in [0, 0.05) is 22.2 Å². The highest BCUT2D eigenvalue weighted by Gasteiger charge is 2.25. The number of thiophene rings is 1. The molecule has 1 aromatic rings. The van der Waals surface area contributed by atoms with Crippen LogP contribution in [0.1, 0.15) is 23.1 Å². The van der Waals surface area contributed by atoms with Crippen LogP contribution in [0, 0.1) is 12.8 Å². The van der Waals surface area contributed by atoms with Crippen molar-refractivity contribution in [3.05, 3.63) is 34.0 Å². The molecule has 0 bridgehead atoms. The van der Waals surface area contributed by atoms with Gasteiger partial charge in [0.15, 0.2) is 0 Å². The third kappa shape index (κ3) is 4.60. The normalized spacial score (nSPS) is 22.0. The van der Waals surface area contributed by atoms with Gasteiger partial charge in [0.1, 0.15) is 0 Å². The lowest BCUT2D eigenvalue weighted by atomic mass is 10.1. The highest BCUT2D eigenvalue weighted by atomic mass is 32.1.